The Labute approximate surface area is 121 Å². The highest BCUT2D eigenvalue weighted by atomic mass is 32.2. The van der Waals surface area contributed by atoms with Crippen molar-refractivity contribution in [1.82, 2.24) is 0 Å². The van der Waals surface area contributed by atoms with Crippen LogP contribution in [0, 0.1) is 11.3 Å². The van der Waals surface area contributed by atoms with Crippen LogP contribution in [0.4, 0.5) is 5.69 Å². The lowest BCUT2D eigenvalue weighted by molar-refractivity contribution is 0.174. The van der Waals surface area contributed by atoms with Crippen molar-refractivity contribution < 1.29 is 17.9 Å². The molecule has 1 aliphatic rings. The smallest absolute Gasteiger partial charge is 0.261 e. The van der Waals surface area contributed by atoms with Gasteiger partial charge in [-0.2, -0.15) is 5.26 Å². The zero-order chi connectivity index (χ0) is 14.9. The van der Waals surface area contributed by atoms with Gasteiger partial charge in [0.15, 0.2) is 11.5 Å². The number of anilines is 1. The molecule has 0 saturated heterocycles. The first kappa shape index (κ1) is 13.3. The van der Waals surface area contributed by atoms with Crippen molar-refractivity contribution in [2.24, 2.45) is 0 Å². The number of sulfonamides is 1. The minimum Gasteiger partial charge on any atom is -0.454 e. The molecule has 1 aliphatic heterocycles. The van der Waals surface area contributed by atoms with Gasteiger partial charge < -0.3 is 9.47 Å². The van der Waals surface area contributed by atoms with E-state index in [-0.39, 0.29) is 17.3 Å². The fourth-order valence-corrected chi connectivity index (χ4v) is 3.00. The summed E-state index contributed by atoms with van der Waals surface area (Å²) in [5.74, 6) is 1.06. The number of nitrogens with one attached hydrogen (secondary N) is 1. The largest absolute Gasteiger partial charge is 0.454 e. The highest BCUT2D eigenvalue weighted by Gasteiger charge is 2.18. The molecule has 0 aliphatic carbocycles. The summed E-state index contributed by atoms with van der Waals surface area (Å²) in [6.07, 6.45) is 0. The third-order valence-corrected chi connectivity index (χ3v) is 4.28. The second-order valence-electron chi connectivity index (χ2n) is 4.31. The summed E-state index contributed by atoms with van der Waals surface area (Å²) in [7, 11) is -3.76. The zero-order valence-electron chi connectivity index (χ0n) is 10.7. The van der Waals surface area contributed by atoms with Crippen molar-refractivity contribution in [3.05, 3.63) is 48.0 Å². The molecular formula is C14H10N2O4S. The van der Waals surface area contributed by atoms with Gasteiger partial charge >= 0.3 is 0 Å². The molecule has 0 amide bonds. The number of fused-ring (bicyclic) bond motifs is 1. The van der Waals surface area contributed by atoms with Gasteiger partial charge in [-0.05, 0) is 30.3 Å². The molecule has 0 bridgehead atoms. The van der Waals surface area contributed by atoms with Gasteiger partial charge in [-0.25, -0.2) is 8.42 Å². The minimum absolute atomic E-state index is 0.0271. The Balaban J connectivity index is 1.91. The molecule has 0 spiro atoms. The lowest BCUT2D eigenvalue weighted by atomic mass is 10.2. The molecule has 0 aromatic heterocycles. The van der Waals surface area contributed by atoms with E-state index in [0.29, 0.717) is 17.2 Å². The molecule has 1 N–H and O–H groups in total. The van der Waals surface area contributed by atoms with E-state index in [1.165, 1.54) is 18.2 Å². The summed E-state index contributed by atoms with van der Waals surface area (Å²) in [5.41, 5.74) is 0.644. The molecule has 106 valence electrons. The van der Waals surface area contributed by atoms with Crippen LogP contribution in [0.15, 0.2) is 47.4 Å². The van der Waals surface area contributed by atoms with Crippen molar-refractivity contribution in [3.63, 3.8) is 0 Å². The van der Waals surface area contributed by atoms with E-state index in [1.54, 1.807) is 24.3 Å². The molecule has 21 heavy (non-hydrogen) atoms. The van der Waals surface area contributed by atoms with Crippen molar-refractivity contribution in [2.45, 2.75) is 4.90 Å². The number of ether oxygens (including phenoxy) is 2. The maximum absolute atomic E-state index is 12.3. The van der Waals surface area contributed by atoms with Crippen LogP contribution in [0.1, 0.15) is 5.56 Å². The van der Waals surface area contributed by atoms with E-state index >= 15 is 0 Å². The number of rotatable bonds is 3. The van der Waals surface area contributed by atoms with Crippen LogP contribution in [0.2, 0.25) is 0 Å². The van der Waals surface area contributed by atoms with Crippen LogP contribution in [-0.4, -0.2) is 15.2 Å². The van der Waals surface area contributed by atoms with Gasteiger partial charge in [0.2, 0.25) is 6.79 Å². The Morgan fingerprint density at radius 2 is 1.90 bits per heavy atom. The molecule has 3 rings (SSSR count). The van der Waals surface area contributed by atoms with Gasteiger partial charge in [0.05, 0.1) is 22.2 Å². The Morgan fingerprint density at radius 3 is 2.71 bits per heavy atom. The fraction of sp³-hybridized carbons (Fsp3) is 0.0714. The first-order valence-corrected chi connectivity index (χ1v) is 7.49. The number of benzene rings is 2. The second kappa shape index (κ2) is 5.00. The standard InChI is InChI=1S/C14H10N2O4S/c15-8-10-2-1-3-12(6-10)21(17,18)16-11-4-5-13-14(7-11)20-9-19-13/h1-7,16H,9H2. The SMILES string of the molecule is N#Cc1cccc(S(=O)(=O)Nc2ccc3c(c2)OCO3)c1. The summed E-state index contributed by atoms with van der Waals surface area (Å²) in [5, 5.41) is 8.83. The number of hydrogen-bond donors (Lipinski definition) is 1. The Kier molecular flexibility index (Phi) is 3.16. The quantitative estimate of drug-likeness (QED) is 0.937. The molecule has 6 nitrogen and oxygen atoms in total. The Morgan fingerprint density at radius 1 is 1.10 bits per heavy atom. The first-order chi connectivity index (χ1) is 10.1. The van der Waals surface area contributed by atoms with E-state index < -0.39 is 10.0 Å². The summed E-state index contributed by atoms with van der Waals surface area (Å²) in [6, 6.07) is 12.5. The summed E-state index contributed by atoms with van der Waals surface area (Å²) < 4.78 is 37.4. The highest BCUT2D eigenvalue weighted by molar-refractivity contribution is 7.92. The average Bonchev–Trinajstić information content (AvgIpc) is 2.94. The van der Waals surface area contributed by atoms with Crippen LogP contribution >= 0.6 is 0 Å². The summed E-state index contributed by atoms with van der Waals surface area (Å²) in [4.78, 5) is 0.0271. The van der Waals surface area contributed by atoms with Crippen molar-refractivity contribution in [2.75, 3.05) is 11.5 Å². The molecule has 0 fully saturated rings. The molecule has 0 atom stereocenters. The van der Waals surface area contributed by atoms with E-state index in [2.05, 4.69) is 4.72 Å². The molecule has 2 aromatic rings. The second-order valence-corrected chi connectivity index (χ2v) is 6.00. The number of hydrogen-bond acceptors (Lipinski definition) is 5. The van der Waals surface area contributed by atoms with Crippen LogP contribution < -0.4 is 14.2 Å². The van der Waals surface area contributed by atoms with Crippen molar-refractivity contribution in [3.8, 4) is 17.6 Å². The molecule has 0 unspecified atom stereocenters. The predicted molar refractivity (Wildman–Crippen MR) is 74.5 cm³/mol. The minimum atomic E-state index is -3.76. The summed E-state index contributed by atoms with van der Waals surface area (Å²) in [6.45, 7) is 0.121. The molecular weight excluding hydrogens is 292 g/mol. The van der Waals surface area contributed by atoms with Crippen molar-refractivity contribution in [1.29, 1.82) is 5.26 Å². The lowest BCUT2D eigenvalue weighted by Gasteiger charge is -2.08. The van der Waals surface area contributed by atoms with Crippen LogP contribution in [0.25, 0.3) is 0 Å². The molecule has 0 radical (unpaired) electrons. The van der Waals surface area contributed by atoms with E-state index in [4.69, 9.17) is 14.7 Å². The van der Waals surface area contributed by atoms with Gasteiger partial charge in [-0.15, -0.1) is 0 Å². The first-order valence-electron chi connectivity index (χ1n) is 6.01. The maximum Gasteiger partial charge on any atom is 0.261 e. The fourth-order valence-electron chi connectivity index (χ4n) is 1.91. The molecule has 1 heterocycles. The van der Waals surface area contributed by atoms with Crippen LogP contribution in [0.5, 0.6) is 11.5 Å². The van der Waals surface area contributed by atoms with Gasteiger partial charge in [0.1, 0.15) is 0 Å². The number of nitrogens with zero attached hydrogens (tertiary/aromatic N) is 1. The molecule has 0 saturated carbocycles. The third-order valence-electron chi connectivity index (χ3n) is 2.90. The van der Waals surface area contributed by atoms with Gasteiger partial charge in [0.25, 0.3) is 10.0 Å². The van der Waals surface area contributed by atoms with Crippen LogP contribution in [-0.2, 0) is 10.0 Å². The lowest BCUT2D eigenvalue weighted by Crippen LogP contribution is -2.13. The van der Waals surface area contributed by atoms with Crippen LogP contribution in [0.3, 0.4) is 0 Å². The van der Waals surface area contributed by atoms with Crippen molar-refractivity contribution >= 4 is 15.7 Å². The summed E-state index contributed by atoms with van der Waals surface area (Å²) >= 11 is 0. The Hall–Kier alpha value is -2.72. The van der Waals surface area contributed by atoms with E-state index in [0.717, 1.165) is 0 Å². The topological polar surface area (TPSA) is 88.4 Å². The molecule has 7 heteroatoms. The third kappa shape index (κ3) is 2.61. The Bertz CT molecular complexity index is 840. The van der Waals surface area contributed by atoms with Gasteiger partial charge in [-0.1, -0.05) is 6.07 Å². The predicted octanol–water partition coefficient (Wildman–Crippen LogP) is 2.09. The highest BCUT2D eigenvalue weighted by Crippen LogP contribution is 2.34. The maximum atomic E-state index is 12.3. The zero-order valence-corrected chi connectivity index (χ0v) is 11.6. The van der Waals surface area contributed by atoms with Gasteiger partial charge in [-0.3, -0.25) is 4.72 Å². The monoisotopic (exact) mass is 302 g/mol. The number of nitriles is 1. The average molecular weight is 302 g/mol. The van der Waals surface area contributed by atoms with E-state index in [9.17, 15) is 8.42 Å². The van der Waals surface area contributed by atoms with Gasteiger partial charge in [0, 0.05) is 6.07 Å². The molecule has 2 aromatic carbocycles. The van der Waals surface area contributed by atoms with E-state index in [1.807, 2.05) is 6.07 Å². The normalized spacial score (nSPS) is 12.7.